The van der Waals surface area contributed by atoms with Crippen LogP contribution in [0.15, 0.2) is 48.9 Å². The van der Waals surface area contributed by atoms with Crippen molar-refractivity contribution < 1.29 is 9.59 Å². The maximum atomic E-state index is 12.8. The third-order valence-electron chi connectivity index (χ3n) is 5.88. The summed E-state index contributed by atoms with van der Waals surface area (Å²) in [5.74, 6) is -0.175. The first-order valence-electron chi connectivity index (χ1n) is 9.70. The minimum absolute atomic E-state index is 0.0253. The molecule has 7 nitrogen and oxygen atoms in total. The number of aromatic nitrogens is 3. The molecule has 2 N–H and O–H groups in total. The molecule has 1 aliphatic carbocycles. The van der Waals surface area contributed by atoms with Gasteiger partial charge >= 0.3 is 0 Å². The molecule has 3 aromatic rings. The molecule has 0 fully saturated rings. The van der Waals surface area contributed by atoms with Crippen LogP contribution in [0.25, 0.3) is 0 Å². The highest BCUT2D eigenvalue weighted by Crippen LogP contribution is 2.47. The highest BCUT2D eigenvalue weighted by Gasteiger charge is 2.50. The number of pyridine rings is 1. The zero-order valence-corrected chi connectivity index (χ0v) is 16.1. The summed E-state index contributed by atoms with van der Waals surface area (Å²) in [5, 5.41) is 10.0. The van der Waals surface area contributed by atoms with E-state index in [0.717, 1.165) is 27.9 Å². The van der Waals surface area contributed by atoms with E-state index < -0.39 is 5.41 Å². The lowest BCUT2D eigenvalue weighted by atomic mass is 9.79. The summed E-state index contributed by atoms with van der Waals surface area (Å²) >= 11 is 0. The summed E-state index contributed by atoms with van der Waals surface area (Å²) in [6.45, 7) is 0.517. The van der Waals surface area contributed by atoms with E-state index in [2.05, 4.69) is 20.7 Å². The molecular formula is C22H21N5O2. The summed E-state index contributed by atoms with van der Waals surface area (Å²) in [5.41, 5.74) is 4.83. The second-order valence-electron chi connectivity index (χ2n) is 7.80. The van der Waals surface area contributed by atoms with Crippen molar-refractivity contribution >= 4 is 17.5 Å². The Morgan fingerprint density at radius 1 is 1.24 bits per heavy atom. The van der Waals surface area contributed by atoms with Crippen LogP contribution in [-0.4, -0.2) is 33.1 Å². The van der Waals surface area contributed by atoms with Crippen LogP contribution in [0.1, 0.15) is 32.7 Å². The van der Waals surface area contributed by atoms with Crippen LogP contribution in [0.2, 0.25) is 0 Å². The Labute approximate surface area is 168 Å². The zero-order chi connectivity index (χ0) is 20.0. The number of aryl methyl sites for hydroxylation is 1. The van der Waals surface area contributed by atoms with Gasteiger partial charge in [0.25, 0.3) is 5.91 Å². The lowest BCUT2D eigenvalue weighted by molar-refractivity contribution is -0.120. The number of carbonyl (C=O) groups is 2. The second kappa shape index (κ2) is 6.55. The molecule has 29 heavy (non-hydrogen) atoms. The van der Waals surface area contributed by atoms with Crippen LogP contribution in [0.3, 0.4) is 0 Å². The first-order valence-corrected chi connectivity index (χ1v) is 9.70. The monoisotopic (exact) mass is 387 g/mol. The van der Waals surface area contributed by atoms with Crippen LogP contribution < -0.4 is 10.6 Å². The number of anilines is 1. The molecule has 7 heteroatoms. The van der Waals surface area contributed by atoms with Crippen molar-refractivity contribution in [1.29, 1.82) is 0 Å². The van der Waals surface area contributed by atoms with E-state index in [1.165, 1.54) is 0 Å². The zero-order valence-electron chi connectivity index (χ0n) is 16.1. The van der Waals surface area contributed by atoms with Gasteiger partial charge in [0.2, 0.25) is 5.91 Å². The average Bonchev–Trinajstić information content (AvgIpc) is 3.38. The Morgan fingerprint density at radius 3 is 2.90 bits per heavy atom. The minimum Gasteiger partial charge on any atom is -0.350 e. The van der Waals surface area contributed by atoms with Crippen molar-refractivity contribution in [3.63, 3.8) is 0 Å². The fourth-order valence-corrected chi connectivity index (χ4v) is 4.42. The van der Waals surface area contributed by atoms with Crippen LogP contribution in [-0.2, 0) is 36.5 Å². The molecule has 146 valence electrons. The number of nitrogens with zero attached hydrogens (tertiary/aromatic N) is 3. The molecule has 1 aromatic carbocycles. The van der Waals surface area contributed by atoms with Gasteiger partial charge in [-0.15, -0.1) is 0 Å². The van der Waals surface area contributed by atoms with E-state index in [4.69, 9.17) is 0 Å². The molecule has 1 atom stereocenters. The summed E-state index contributed by atoms with van der Waals surface area (Å²) < 4.78 is 1.74. The van der Waals surface area contributed by atoms with Gasteiger partial charge in [0, 0.05) is 31.7 Å². The first kappa shape index (κ1) is 17.6. The summed E-state index contributed by atoms with van der Waals surface area (Å²) in [6.07, 6.45) is 7.39. The Kier molecular flexibility index (Phi) is 3.97. The highest BCUT2D eigenvalue weighted by atomic mass is 16.2. The van der Waals surface area contributed by atoms with Gasteiger partial charge in [-0.2, -0.15) is 5.10 Å². The lowest BCUT2D eigenvalue weighted by Gasteiger charge is -2.20. The van der Waals surface area contributed by atoms with Crippen molar-refractivity contribution in [2.24, 2.45) is 7.05 Å². The van der Waals surface area contributed by atoms with Crippen molar-refractivity contribution in [2.75, 3.05) is 11.9 Å². The molecule has 1 unspecified atom stereocenters. The Balaban J connectivity index is 1.32. The van der Waals surface area contributed by atoms with Gasteiger partial charge in [-0.25, -0.2) is 0 Å². The fraction of sp³-hybridized carbons (Fsp3) is 0.273. The predicted octanol–water partition coefficient (Wildman–Crippen LogP) is 1.78. The Hall–Kier alpha value is -3.48. The number of hydrogen-bond donors (Lipinski definition) is 2. The van der Waals surface area contributed by atoms with Crippen LogP contribution in [0.5, 0.6) is 0 Å². The molecular weight excluding hydrogens is 366 g/mol. The average molecular weight is 387 g/mol. The SMILES string of the molecule is Cn1cc(CCNC(=O)c2cc3c(cn2)CC2(C3)C(=O)Nc3ccccc32)cn1. The molecule has 3 heterocycles. The number of hydrogen-bond acceptors (Lipinski definition) is 4. The van der Waals surface area contributed by atoms with Gasteiger partial charge in [-0.1, -0.05) is 18.2 Å². The van der Waals surface area contributed by atoms with E-state index in [1.54, 1.807) is 17.1 Å². The van der Waals surface area contributed by atoms with Gasteiger partial charge < -0.3 is 10.6 Å². The van der Waals surface area contributed by atoms with E-state index in [1.807, 2.05) is 43.6 Å². The summed E-state index contributed by atoms with van der Waals surface area (Å²) in [6, 6.07) is 9.67. The molecule has 2 amide bonds. The number of carbonyl (C=O) groups excluding carboxylic acids is 2. The molecule has 0 bridgehead atoms. The van der Waals surface area contributed by atoms with Gasteiger partial charge in [-0.05, 0) is 53.6 Å². The molecule has 1 aliphatic heterocycles. The van der Waals surface area contributed by atoms with Crippen molar-refractivity contribution in [3.8, 4) is 0 Å². The second-order valence-corrected chi connectivity index (χ2v) is 7.80. The third-order valence-corrected chi connectivity index (χ3v) is 5.88. The number of rotatable bonds is 4. The van der Waals surface area contributed by atoms with Gasteiger partial charge in [0.1, 0.15) is 5.69 Å². The lowest BCUT2D eigenvalue weighted by Crippen LogP contribution is -2.35. The Bertz CT molecular complexity index is 1140. The number of amides is 2. The molecule has 2 aromatic heterocycles. The van der Waals surface area contributed by atoms with Gasteiger partial charge in [-0.3, -0.25) is 19.3 Å². The van der Waals surface area contributed by atoms with Gasteiger partial charge in [0.15, 0.2) is 0 Å². The fourth-order valence-electron chi connectivity index (χ4n) is 4.42. The standard InChI is InChI=1S/C22H21N5O2/c1-27-13-14(11-25-27)6-7-23-20(28)19-8-15-9-22(10-16(15)12-24-19)17-4-2-3-5-18(17)26-21(22)29/h2-5,8,11-13H,6-7,9-10H2,1H3,(H,23,28)(H,26,29). The van der Waals surface area contributed by atoms with E-state index in [0.29, 0.717) is 31.5 Å². The normalized spacial score (nSPS) is 19.1. The number of para-hydroxylation sites is 1. The number of nitrogens with one attached hydrogen (secondary N) is 2. The quantitative estimate of drug-likeness (QED) is 0.714. The topological polar surface area (TPSA) is 88.9 Å². The highest BCUT2D eigenvalue weighted by molar-refractivity contribution is 6.07. The maximum absolute atomic E-state index is 12.8. The molecule has 0 saturated carbocycles. The predicted molar refractivity (Wildman–Crippen MR) is 108 cm³/mol. The minimum atomic E-state index is -0.587. The number of benzene rings is 1. The third kappa shape index (κ3) is 2.90. The van der Waals surface area contributed by atoms with Crippen LogP contribution >= 0.6 is 0 Å². The first-order chi connectivity index (χ1) is 14.0. The molecule has 2 aliphatic rings. The van der Waals surface area contributed by atoms with Crippen molar-refractivity contribution in [2.45, 2.75) is 24.7 Å². The van der Waals surface area contributed by atoms with Crippen LogP contribution in [0, 0.1) is 0 Å². The molecule has 0 saturated heterocycles. The summed E-state index contributed by atoms with van der Waals surface area (Å²) in [7, 11) is 1.87. The van der Waals surface area contributed by atoms with Crippen molar-refractivity contribution in [3.05, 3.63) is 76.9 Å². The van der Waals surface area contributed by atoms with Crippen molar-refractivity contribution in [1.82, 2.24) is 20.1 Å². The largest absolute Gasteiger partial charge is 0.350 e. The molecule has 5 rings (SSSR count). The summed E-state index contributed by atoms with van der Waals surface area (Å²) in [4.78, 5) is 29.7. The van der Waals surface area contributed by atoms with E-state index >= 15 is 0 Å². The maximum Gasteiger partial charge on any atom is 0.269 e. The molecule has 0 radical (unpaired) electrons. The number of fused-ring (bicyclic) bond motifs is 3. The van der Waals surface area contributed by atoms with E-state index in [-0.39, 0.29) is 11.8 Å². The van der Waals surface area contributed by atoms with E-state index in [9.17, 15) is 9.59 Å². The smallest absolute Gasteiger partial charge is 0.269 e. The van der Waals surface area contributed by atoms with Crippen LogP contribution in [0.4, 0.5) is 5.69 Å². The van der Waals surface area contributed by atoms with Gasteiger partial charge in [0.05, 0.1) is 11.6 Å². The molecule has 1 spiro atoms. The Morgan fingerprint density at radius 2 is 2.07 bits per heavy atom.